The molecule has 152 valence electrons. The van der Waals surface area contributed by atoms with E-state index in [0.717, 1.165) is 30.8 Å². The van der Waals surface area contributed by atoms with E-state index >= 15 is 0 Å². The molecule has 0 aliphatic heterocycles. The zero-order chi connectivity index (χ0) is 20.5. The van der Waals surface area contributed by atoms with E-state index in [-0.39, 0.29) is 5.97 Å². The van der Waals surface area contributed by atoms with Crippen LogP contribution >= 0.6 is 0 Å². The van der Waals surface area contributed by atoms with Crippen molar-refractivity contribution in [2.45, 2.75) is 19.9 Å². The van der Waals surface area contributed by atoms with Gasteiger partial charge in [-0.3, -0.25) is 0 Å². The van der Waals surface area contributed by atoms with Gasteiger partial charge >= 0.3 is 5.97 Å². The Morgan fingerprint density at radius 3 is 2.39 bits per heavy atom. The van der Waals surface area contributed by atoms with Crippen molar-refractivity contribution in [3.63, 3.8) is 0 Å². The van der Waals surface area contributed by atoms with Crippen LogP contribution in [0, 0.1) is 5.92 Å². The lowest BCUT2D eigenvalue weighted by atomic mass is 10.1. The predicted molar refractivity (Wildman–Crippen MR) is 112 cm³/mol. The molecular formula is C22H31N3O3. The summed E-state index contributed by atoms with van der Waals surface area (Å²) in [5.41, 5.74) is 2.78. The van der Waals surface area contributed by atoms with Crippen molar-refractivity contribution in [3.05, 3.63) is 53.7 Å². The monoisotopic (exact) mass is 385 g/mol. The number of aromatic nitrogens is 1. The topological polar surface area (TPSA) is 54.9 Å². The second-order valence-electron chi connectivity index (χ2n) is 7.38. The highest BCUT2D eigenvalue weighted by Crippen LogP contribution is 2.14. The Morgan fingerprint density at radius 1 is 1.11 bits per heavy atom. The Kier molecular flexibility index (Phi) is 8.26. The van der Waals surface area contributed by atoms with E-state index < -0.39 is 0 Å². The molecule has 2 rings (SSSR count). The smallest absolute Gasteiger partial charge is 0.338 e. The largest absolute Gasteiger partial charge is 0.481 e. The van der Waals surface area contributed by atoms with Crippen LogP contribution in [0.4, 0.5) is 5.69 Å². The van der Waals surface area contributed by atoms with Gasteiger partial charge in [0.25, 0.3) is 0 Å². The average Bonchev–Trinajstić information content (AvgIpc) is 2.71. The van der Waals surface area contributed by atoms with Crippen LogP contribution in [-0.2, 0) is 11.3 Å². The molecule has 0 fully saturated rings. The first-order valence-corrected chi connectivity index (χ1v) is 9.51. The number of hydrogen-bond acceptors (Lipinski definition) is 6. The fraction of sp³-hybridized carbons (Fsp3) is 0.455. The molecule has 1 aromatic carbocycles. The predicted octanol–water partition coefficient (Wildman–Crippen LogP) is 3.47. The molecule has 2 aromatic rings. The minimum absolute atomic E-state index is 0.269. The van der Waals surface area contributed by atoms with E-state index in [2.05, 4.69) is 23.9 Å². The lowest BCUT2D eigenvalue weighted by Crippen LogP contribution is -2.22. The Hall–Kier alpha value is -2.60. The van der Waals surface area contributed by atoms with Gasteiger partial charge in [-0.05, 0) is 55.8 Å². The molecule has 0 N–H and O–H groups in total. The quantitative estimate of drug-likeness (QED) is 0.584. The van der Waals surface area contributed by atoms with Gasteiger partial charge in [-0.2, -0.15) is 0 Å². The van der Waals surface area contributed by atoms with Gasteiger partial charge in [-0.15, -0.1) is 0 Å². The molecule has 0 saturated carbocycles. The molecule has 6 heteroatoms. The Bertz CT molecular complexity index is 730. The summed E-state index contributed by atoms with van der Waals surface area (Å²) in [7, 11) is 7.63. The van der Waals surface area contributed by atoms with Crippen molar-refractivity contribution in [2.75, 3.05) is 46.3 Å². The van der Waals surface area contributed by atoms with Gasteiger partial charge in [0.2, 0.25) is 5.88 Å². The molecule has 6 nitrogen and oxygen atoms in total. The molecule has 0 aliphatic rings. The van der Waals surface area contributed by atoms with Crippen LogP contribution in [0.5, 0.6) is 5.88 Å². The summed E-state index contributed by atoms with van der Waals surface area (Å²) in [5, 5.41) is 0. The van der Waals surface area contributed by atoms with Crippen molar-refractivity contribution < 1.29 is 14.3 Å². The first-order chi connectivity index (χ1) is 13.4. The second-order valence-corrected chi connectivity index (χ2v) is 7.38. The van der Waals surface area contributed by atoms with E-state index in [0.29, 0.717) is 24.0 Å². The molecule has 1 aromatic heterocycles. The Labute approximate surface area is 168 Å². The summed E-state index contributed by atoms with van der Waals surface area (Å²) < 4.78 is 10.6. The first-order valence-electron chi connectivity index (χ1n) is 9.51. The van der Waals surface area contributed by atoms with Crippen molar-refractivity contribution in [1.29, 1.82) is 0 Å². The number of nitrogens with zero attached hydrogens (tertiary/aromatic N) is 3. The van der Waals surface area contributed by atoms with Gasteiger partial charge in [-0.25, -0.2) is 9.78 Å². The van der Waals surface area contributed by atoms with E-state index in [4.69, 9.17) is 9.47 Å². The standard InChI is InChI=1S/C22H31N3O3/c1-17(12-13-25(4)15-18-6-11-21(27-5)23-14-18)16-28-22(26)19-7-9-20(10-8-19)24(2)3/h6-11,14,17H,12-13,15-16H2,1-5H3/t17-/m1/s1. The van der Waals surface area contributed by atoms with Crippen LogP contribution < -0.4 is 9.64 Å². The highest BCUT2D eigenvalue weighted by atomic mass is 16.5. The van der Waals surface area contributed by atoms with E-state index in [1.807, 2.05) is 49.5 Å². The normalized spacial score (nSPS) is 11.9. The van der Waals surface area contributed by atoms with Gasteiger partial charge in [0.15, 0.2) is 0 Å². The van der Waals surface area contributed by atoms with Crippen molar-refractivity contribution in [1.82, 2.24) is 9.88 Å². The molecule has 1 atom stereocenters. The van der Waals surface area contributed by atoms with Crippen LogP contribution in [0.2, 0.25) is 0 Å². The zero-order valence-corrected chi connectivity index (χ0v) is 17.5. The SMILES string of the molecule is COc1ccc(CN(C)CC[C@@H](C)COC(=O)c2ccc(N(C)C)cc2)cn1. The number of benzene rings is 1. The molecule has 0 unspecified atom stereocenters. The van der Waals surface area contributed by atoms with Crippen molar-refractivity contribution in [2.24, 2.45) is 5.92 Å². The Morgan fingerprint density at radius 2 is 1.82 bits per heavy atom. The van der Waals surface area contributed by atoms with Gasteiger partial charge in [0.1, 0.15) is 0 Å². The zero-order valence-electron chi connectivity index (χ0n) is 17.5. The number of methoxy groups -OCH3 is 1. The molecule has 1 heterocycles. The molecule has 0 bridgehead atoms. The maximum absolute atomic E-state index is 12.2. The first kappa shape index (κ1) is 21.7. The fourth-order valence-corrected chi connectivity index (χ4v) is 2.74. The number of ether oxygens (including phenoxy) is 2. The maximum Gasteiger partial charge on any atom is 0.338 e. The average molecular weight is 386 g/mol. The summed E-state index contributed by atoms with van der Waals surface area (Å²) in [6, 6.07) is 11.3. The Balaban J connectivity index is 1.70. The summed E-state index contributed by atoms with van der Waals surface area (Å²) >= 11 is 0. The minimum atomic E-state index is -0.269. The summed E-state index contributed by atoms with van der Waals surface area (Å²) in [6.07, 6.45) is 2.79. The number of esters is 1. The van der Waals surface area contributed by atoms with Gasteiger partial charge in [0.05, 0.1) is 19.3 Å². The maximum atomic E-state index is 12.2. The lowest BCUT2D eigenvalue weighted by molar-refractivity contribution is 0.0438. The summed E-state index contributed by atoms with van der Waals surface area (Å²) in [5.74, 6) is 0.648. The summed E-state index contributed by atoms with van der Waals surface area (Å²) in [4.78, 5) is 20.7. The van der Waals surface area contributed by atoms with Crippen LogP contribution in [0.3, 0.4) is 0 Å². The third kappa shape index (κ3) is 6.85. The number of anilines is 1. The van der Waals surface area contributed by atoms with E-state index in [9.17, 15) is 4.79 Å². The molecule has 0 saturated heterocycles. The second kappa shape index (κ2) is 10.7. The van der Waals surface area contributed by atoms with Crippen molar-refractivity contribution >= 4 is 11.7 Å². The molecule has 0 radical (unpaired) electrons. The van der Waals surface area contributed by atoms with Crippen LogP contribution in [-0.4, -0.2) is 57.3 Å². The van der Waals surface area contributed by atoms with Crippen LogP contribution in [0.1, 0.15) is 29.3 Å². The van der Waals surface area contributed by atoms with Crippen LogP contribution in [0.25, 0.3) is 0 Å². The van der Waals surface area contributed by atoms with Gasteiger partial charge in [0, 0.05) is 38.6 Å². The fourth-order valence-electron chi connectivity index (χ4n) is 2.74. The molecule has 28 heavy (non-hydrogen) atoms. The molecular weight excluding hydrogens is 354 g/mol. The van der Waals surface area contributed by atoms with Crippen molar-refractivity contribution in [3.8, 4) is 5.88 Å². The third-order valence-corrected chi connectivity index (χ3v) is 4.58. The molecule has 0 amide bonds. The number of carbonyl (C=O) groups excluding carboxylic acids is 1. The number of rotatable bonds is 10. The molecule has 0 aliphatic carbocycles. The highest BCUT2D eigenvalue weighted by molar-refractivity contribution is 5.89. The van der Waals surface area contributed by atoms with Gasteiger partial charge < -0.3 is 19.3 Å². The van der Waals surface area contributed by atoms with Gasteiger partial charge in [-0.1, -0.05) is 13.0 Å². The number of carbonyl (C=O) groups is 1. The summed E-state index contributed by atoms with van der Waals surface area (Å²) in [6.45, 7) is 4.27. The van der Waals surface area contributed by atoms with E-state index in [1.165, 1.54) is 0 Å². The minimum Gasteiger partial charge on any atom is -0.481 e. The molecule has 0 spiro atoms. The number of hydrogen-bond donors (Lipinski definition) is 0. The number of pyridine rings is 1. The van der Waals surface area contributed by atoms with Crippen LogP contribution in [0.15, 0.2) is 42.6 Å². The van der Waals surface area contributed by atoms with E-state index in [1.54, 1.807) is 19.2 Å². The lowest BCUT2D eigenvalue weighted by Gasteiger charge is -2.19. The highest BCUT2D eigenvalue weighted by Gasteiger charge is 2.11. The third-order valence-electron chi connectivity index (χ3n) is 4.58.